The van der Waals surface area contributed by atoms with Gasteiger partial charge in [-0.05, 0) is 68.1 Å². The van der Waals surface area contributed by atoms with E-state index in [0.29, 0.717) is 17.8 Å². The van der Waals surface area contributed by atoms with Crippen LogP contribution in [0.5, 0.6) is 0 Å². The number of hydrogen-bond acceptors (Lipinski definition) is 6. The Labute approximate surface area is 206 Å². The van der Waals surface area contributed by atoms with Gasteiger partial charge in [0.05, 0.1) is 25.7 Å². The molecule has 0 aromatic heterocycles. The van der Waals surface area contributed by atoms with E-state index in [1.54, 1.807) is 0 Å². The van der Waals surface area contributed by atoms with Gasteiger partial charge in [0.1, 0.15) is 12.2 Å². The molecule has 4 aliphatic carbocycles. The molecule has 2 N–H and O–H groups in total. The molecule has 0 bridgehead atoms. The third-order valence-electron chi connectivity index (χ3n) is 9.63. The second kappa shape index (κ2) is 9.94. The van der Waals surface area contributed by atoms with E-state index >= 15 is 0 Å². The molecule has 35 heavy (non-hydrogen) atoms. The van der Waals surface area contributed by atoms with Gasteiger partial charge in [0.25, 0.3) is 0 Å². The summed E-state index contributed by atoms with van der Waals surface area (Å²) < 4.78 is 11.4. The van der Waals surface area contributed by atoms with Gasteiger partial charge in [0.2, 0.25) is 0 Å². The molecule has 3 fully saturated rings. The van der Waals surface area contributed by atoms with E-state index in [1.165, 1.54) is 5.57 Å². The minimum Gasteiger partial charge on any atom is -0.481 e. The molecule has 0 aromatic rings. The van der Waals surface area contributed by atoms with Crippen molar-refractivity contribution in [3.63, 3.8) is 0 Å². The van der Waals surface area contributed by atoms with Crippen molar-refractivity contribution in [1.29, 1.82) is 0 Å². The summed E-state index contributed by atoms with van der Waals surface area (Å²) in [5.74, 6) is -1.27. The number of esters is 2. The highest BCUT2D eigenvalue weighted by Crippen LogP contribution is 2.65. The number of hydrogen-bond donors (Lipinski definition) is 2. The lowest BCUT2D eigenvalue weighted by atomic mass is 9.48. The fourth-order valence-corrected chi connectivity index (χ4v) is 7.75. The summed E-state index contributed by atoms with van der Waals surface area (Å²) in [5, 5.41) is 17.6. The first-order valence-corrected chi connectivity index (χ1v) is 13.0. The van der Waals surface area contributed by atoms with Crippen molar-refractivity contribution in [2.24, 2.45) is 28.6 Å². The van der Waals surface area contributed by atoms with E-state index in [0.717, 1.165) is 51.4 Å². The van der Waals surface area contributed by atoms with Crippen molar-refractivity contribution in [3.8, 4) is 0 Å². The average molecular weight is 491 g/mol. The maximum absolute atomic E-state index is 12.3. The van der Waals surface area contributed by atoms with Crippen molar-refractivity contribution >= 4 is 23.9 Å². The number of aliphatic carboxylic acids is 2. The maximum atomic E-state index is 12.3. The van der Waals surface area contributed by atoms with Crippen LogP contribution in [0.2, 0.25) is 0 Å². The van der Waals surface area contributed by atoms with Crippen LogP contribution in [0.4, 0.5) is 0 Å². The van der Waals surface area contributed by atoms with Crippen molar-refractivity contribution < 1.29 is 38.9 Å². The van der Waals surface area contributed by atoms with Crippen LogP contribution in [0.25, 0.3) is 0 Å². The molecule has 4 aliphatic rings. The summed E-state index contributed by atoms with van der Waals surface area (Å²) in [4.78, 5) is 45.8. The molecule has 0 amide bonds. The van der Waals surface area contributed by atoms with Gasteiger partial charge in [-0.2, -0.15) is 0 Å². The normalized spacial score (nSPS) is 37.8. The molecule has 0 heterocycles. The Morgan fingerprint density at radius 1 is 0.857 bits per heavy atom. The Balaban J connectivity index is 1.40. The summed E-state index contributed by atoms with van der Waals surface area (Å²) in [6, 6.07) is 0. The van der Waals surface area contributed by atoms with Crippen LogP contribution in [0.3, 0.4) is 0 Å². The molecular weight excluding hydrogens is 452 g/mol. The second-order valence-electron chi connectivity index (χ2n) is 11.5. The predicted octanol–water partition coefficient (Wildman–Crippen LogP) is 4.50. The molecular formula is C27H38O8. The van der Waals surface area contributed by atoms with Gasteiger partial charge >= 0.3 is 23.9 Å². The molecule has 8 heteroatoms. The van der Waals surface area contributed by atoms with Gasteiger partial charge in [-0.15, -0.1) is 0 Å². The zero-order chi connectivity index (χ0) is 25.4. The number of carbonyl (C=O) groups is 4. The van der Waals surface area contributed by atoms with E-state index < -0.39 is 23.9 Å². The zero-order valence-electron chi connectivity index (χ0n) is 20.8. The van der Waals surface area contributed by atoms with Crippen LogP contribution in [0, 0.1) is 28.6 Å². The third-order valence-corrected chi connectivity index (χ3v) is 9.63. The third kappa shape index (κ3) is 5.12. The monoisotopic (exact) mass is 490 g/mol. The smallest absolute Gasteiger partial charge is 0.306 e. The molecule has 7 atom stereocenters. The molecule has 7 unspecified atom stereocenters. The number of carbonyl (C=O) groups excluding carboxylic acids is 2. The number of allylic oxidation sites excluding steroid dienone is 1. The Morgan fingerprint density at radius 2 is 1.51 bits per heavy atom. The fraction of sp³-hybridized carbons (Fsp3) is 0.778. The first-order valence-electron chi connectivity index (χ1n) is 13.0. The topological polar surface area (TPSA) is 127 Å². The van der Waals surface area contributed by atoms with E-state index in [-0.39, 0.29) is 48.7 Å². The minimum absolute atomic E-state index is 0.0708. The number of rotatable bonds is 8. The molecule has 3 saturated carbocycles. The maximum Gasteiger partial charge on any atom is 0.306 e. The molecule has 0 saturated heterocycles. The zero-order valence-corrected chi connectivity index (χ0v) is 20.8. The van der Waals surface area contributed by atoms with Crippen LogP contribution in [0.1, 0.15) is 90.9 Å². The Bertz CT molecular complexity index is 909. The molecule has 0 aliphatic heterocycles. The Kier molecular flexibility index (Phi) is 7.30. The van der Waals surface area contributed by atoms with Gasteiger partial charge in [0.15, 0.2) is 0 Å². The minimum atomic E-state index is -0.993. The quantitative estimate of drug-likeness (QED) is 0.376. The standard InChI is InChI=1S/C27H38O8/c1-26-13-11-17(34-24(32)9-7-22(28)29)15-16(26)3-4-18-19-5-6-21(27(19,2)14-12-20(18)26)35-25(33)10-8-23(30)31/h3,17-21H,4-15H2,1-2H3,(H,28,29)(H,30,31). The highest BCUT2D eigenvalue weighted by atomic mass is 16.5. The van der Waals surface area contributed by atoms with Crippen LogP contribution in [0.15, 0.2) is 11.6 Å². The van der Waals surface area contributed by atoms with Crippen LogP contribution < -0.4 is 0 Å². The Hall–Kier alpha value is -2.38. The molecule has 0 aromatic carbocycles. The predicted molar refractivity (Wildman–Crippen MR) is 125 cm³/mol. The molecule has 0 radical (unpaired) electrons. The number of carboxylic acids is 2. The van der Waals surface area contributed by atoms with Gasteiger partial charge in [-0.3, -0.25) is 19.2 Å². The molecule has 0 spiro atoms. The van der Waals surface area contributed by atoms with Gasteiger partial charge in [-0.1, -0.05) is 25.5 Å². The molecule has 194 valence electrons. The first-order chi connectivity index (χ1) is 16.5. The van der Waals surface area contributed by atoms with Crippen molar-refractivity contribution in [2.45, 2.75) is 103 Å². The van der Waals surface area contributed by atoms with Crippen molar-refractivity contribution in [1.82, 2.24) is 0 Å². The number of carboxylic acid groups (broad SMARTS) is 2. The van der Waals surface area contributed by atoms with Gasteiger partial charge in [-0.25, -0.2) is 0 Å². The Morgan fingerprint density at radius 3 is 2.17 bits per heavy atom. The fourth-order valence-electron chi connectivity index (χ4n) is 7.75. The van der Waals surface area contributed by atoms with Crippen LogP contribution >= 0.6 is 0 Å². The summed E-state index contributed by atoms with van der Waals surface area (Å²) >= 11 is 0. The van der Waals surface area contributed by atoms with Crippen LogP contribution in [-0.4, -0.2) is 46.3 Å². The van der Waals surface area contributed by atoms with Crippen molar-refractivity contribution in [2.75, 3.05) is 0 Å². The molecule has 8 nitrogen and oxygen atoms in total. The second-order valence-corrected chi connectivity index (χ2v) is 11.5. The molecule has 4 rings (SSSR count). The van der Waals surface area contributed by atoms with E-state index in [4.69, 9.17) is 19.7 Å². The number of fused-ring (bicyclic) bond motifs is 5. The lowest BCUT2D eigenvalue weighted by Crippen LogP contribution is -2.51. The largest absolute Gasteiger partial charge is 0.481 e. The lowest BCUT2D eigenvalue weighted by molar-refractivity contribution is -0.161. The van der Waals surface area contributed by atoms with E-state index in [9.17, 15) is 19.2 Å². The summed E-state index contributed by atoms with van der Waals surface area (Å²) in [5.41, 5.74) is 1.38. The highest BCUT2D eigenvalue weighted by Gasteiger charge is 2.59. The number of ether oxygens (including phenoxy) is 2. The van der Waals surface area contributed by atoms with E-state index in [2.05, 4.69) is 19.9 Å². The van der Waals surface area contributed by atoms with Crippen LogP contribution in [-0.2, 0) is 28.7 Å². The van der Waals surface area contributed by atoms with Gasteiger partial charge < -0.3 is 19.7 Å². The summed E-state index contributed by atoms with van der Waals surface area (Å²) in [6.45, 7) is 4.62. The van der Waals surface area contributed by atoms with Gasteiger partial charge in [0, 0.05) is 11.8 Å². The average Bonchev–Trinajstić information content (AvgIpc) is 3.12. The first kappa shape index (κ1) is 25.7. The SMILES string of the molecule is CC12CCC(OC(=O)CCC(=O)O)CC1=CCC1C2CCC2(C)C(OC(=O)CCC(=O)O)CCC12. The highest BCUT2D eigenvalue weighted by molar-refractivity contribution is 5.77. The summed E-state index contributed by atoms with van der Waals surface area (Å²) in [6.07, 6.45) is 8.85. The summed E-state index contributed by atoms with van der Waals surface area (Å²) in [7, 11) is 0. The van der Waals surface area contributed by atoms with E-state index in [1.807, 2.05) is 0 Å². The van der Waals surface area contributed by atoms with Crippen molar-refractivity contribution in [3.05, 3.63) is 11.6 Å². The lowest BCUT2D eigenvalue weighted by Gasteiger charge is -2.57.